The van der Waals surface area contributed by atoms with Gasteiger partial charge in [-0.2, -0.15) is 4.98 Å². The van der Waals surface area contributed by atoms with Crippen molar-refractivity contribution in [2.45, 2.75) is 43.5 Å². The van der Waals surface area contributed by atoms with Crippen molar-refractivity contribution in [1.29, 1.82) is 0 Å². The smallest absolute Gasteiger partial charge is 0.324 e. The summed E-state index contributed by atoms with van der Waals surface area (Å²) in [5.41, 5.74) is 1.71. The van der Waals surface area contributed by atoms with E-state index in [9.17, 15) is 4.79 Å². The van der Waals surface area contributed by atoms with Gasteiger partial charge in [0, 0.05) is 24.2 Å². The van der Waals surface area contributed by atoms with Crippen LogP contribution in [0.5, 0.6) is 0 Å². The minimum absolute atomic E-state index is 0.0288. The molecule has 148 valence electrons. The molecule has 0 unspecified atom stereocenters. The molecule has 0 bridgehead atoms. The zero-order valence-electron chi connectivity index (χ0n) is 16.6. The number of carbonyl (C=O) groups is 1. The number of thioether (sulfide) groups is 1. The number of benzene rings is 1. The lowest BCUT2D eigenvalue weighted by atomic mass is 10.2. The number of hydrazine groups is 1. The third-order valence-electron chi connectivity index (χ3n) is 5.39. The van der Waals surface area contributed by atoms with Crippen LogP contribution >= 0.6 is 11.8 Å². The lowest BCUT2D eigenvalue weighted by Gasteiger charge is -2.45. The molecule has 28 heavy (non-hydrogen) atoms. The van der Waals surface area contributed by atoms with Crippen molar-refractivity contribution in [3.8, 4) is 0 Å². The highest BCUT2D eigenvalue weighted by Gasteiger charge is 2.39. The van der Waals surface area contributed by atoms with E-state index in [0.29, 0.717) is 18.5 Å². The molecule has 0 spiro atoms. The topological polar surface area (TPSA) is 64.6 Å². The molecule has 2 heterocycles. The molecule has 1 aliphatic heterocycles. The van der Waals surface area contributed by atoms with Crippen molar-refractivity contribution in [3.05, 3.63) is 30.5 Å². The molecule has 8 heteroatoms. The van der Waals surface area contributed by atoms with E-state index in [0.717, 1.165) is 30.0 Å². The van der Waals surface area contributed by atoms with Crippen molar-refractivity contribution in [2.24, 2.45) is 0 Å². The Labute approximate surface area is 170 Å². The summed E-state index contributed by atoms with van der Waals surface area (Å²) >= 11 is 1.70. The molecule has 1 aromatic heterocycles. The highest BCUT2D eigenvalue weighted by atomic mass is 32.2. The number of fused-ring (bicyclic) bond motifs is 1. The normalized spacial score (nSPS) is 17.2. The first-order valence-corrected chi connectivity index (χ1v) is 11.0. The van der Waals surface area contributed by atoms with Crippen LogP contribution < -0.4 is 15.2 Å². The van der Waals surface area contributed by atoms with Gasteiger partial charge in [-0.15, -0.1) is 11.8 Å². The summed E-state index contributed by atoms with van der Waals surface area (Å²) in [5.74, 6) is 1.34. The molecule has 4 rings (SSSR count). The zero-order valence-corrected chi connectivity index (χ0v) is 17.4. The molecular weight excluding hydrogens is 372 g/mol. The zero-order chi connectivity index (χ0) is 19.7. The second-order valence-electron chi connectivity index (χ2n) is 7.10. The summed E-state index contributed by atoms with van der Waals surface area (Å²) in [4.78, 5) is 25.0. The summed E-state index contributed by atoms with van der Waals surface area (Å²) in [6, 6.07) is 8.45. The van der Waals surface area contributed by atoms with Gasteiger partial charge >= 0.3 is 6.03 Å². The van der Waals surface area contributed by atoms with Gasteiger partial charge in [0.1, 0.15) is 5.69 Å². The number of anilines is 4. The summed E-state index contributed by atoms with van der Waals surface area (Å²) in [7, 11) is 1.79. The van der Waals surface area contributed by atoms with E-state index in [1.807, 2.05) is 24.1 Å². The van der Waals surface area contributed by atoms with Gasteiger partial charge < -0.3 is 5.32 Å². The molecule has 1 aromatic carbocycles. The van der Waals surface area contributed by atoms with Crippen molar-refractivity contribution >= 4 is 40.9 Å². The van der Waals surface area contributed by atoms with Crippen LogP contribution in [0.3, 0.4) is 0 Å². The van der Waals surface area contributed by atoms with Crippen LogP contribution in [0.1, 0.15) is 32.6 Å². The fraction of sp³-hybridized carbons (Fsp3) is 0.450. The highest BCUT2D eigenvalue weighted by molar-refractivity contribution is 7.98. The lowest BCUT2D eigenvalue weighted by molar-refractivity contribution is 0.191. The number of carbonyl (C=O) groups excluding carboxylic acids is 1. The molecule has 1 saturated carbocycles. The van der Waals surface area contributed by atoms with E-state index < -0.39 is 0 Å². The second-order valence-corrected chi connectivity index (χ2v) is 7.98. The van der Waals surface area contributed by atoms with Crippen LogP contribution in [0.15, 0.2) is 35.4 Å². The van der Waals surface area contributed by atoms with Crippen molar-refractivity contribution in [3.63, 3.8) is 0 Å². The van der Waals surface area contributed by atoms with Crippen LogP contribution in [0.25, 0.3) is 0 Å². The Morgan fingerprint density at radius 2 is 2.07 bits per heavy atom. The SMILES string of the molecule is CCN1C(=O)N(C)c2cnc(Nc3cccc(SC)c3)nc2N1C1CCCC1. The van der Waals surface area contributed by atoms with E-state index >= 15 is 0 Å². The van der Waals surface area contributed by atoms with Crippen LogP contribution in [0, 0.1) is 0 Å². The quantitative estimate of drug-likeness (QED) is 0.748. The Morgan fingerprint density at radius 3 is 2.79 bits per heavy atom. The molecule has 1 N–H and O–H groups in total. The lowest BCUT2D eigenvalue weighted by Crippen LogP contribution is -2.59. The van der Waals surface area contributed by atoms with E-state index in [4.69, 9.17) is 4.98 Å². The molecule has 0 radical (unpaired) electrons. The Kier molecular flexibility index (Phi) is 5.30. The number of amides is 2. The highest BCUT2D eigenvalue weighted by Crippen LogP contribution is 2.38. The van der Waals surface area contributed by atoms with Gasteiger partial charge in [0.25, 0.3) is 0 Å². The fourth-order valence-electron chi connectivity index (χ4n) is 3.95. The number of nitrogens with one attached hydrogen (secondary N) is 1. The standard InChI is InChI=1S/C20H26N6OS/c1-4-25-20(27)24(2)17-13-21-19(22-14-8-7-11-16(12-14)28-3)23-18(17)26(25)15-9-5-6-10-15/h7-8,11-13,15H,4-6,9-10H2,1-3H3,(H,21,22,23). The van der Waals surface area contributed by atoms with Crippen molar-refractivity contribution in [1.82, 2.24) is 15.0 Å². The molecule has 2 amide bonds. The Hall–Kier alpha value is -2.48. The van der Waals surface area contributed by atoms with E-state index in [-0.39, 0.29) is 6.03 Å². The van der Waals surface area contributed by atoms with E-state index in [1.165, 1.54) is 17.7 Å². The maximum Gasteiger partial charge on any atom is 0.343 e. The monoisotopic (exact) mass is 398 g/mol. The summed E-state index contributed by atoms with van der Waals surface area (Å²) < 4.78 is 0. The average Bonchev–Trinajstić information content (AvgIpc) is 3.25. The predicted molar refractivity (Wildman–Crippen MR) is 114 cm³/mol. The van der Waals surface area contributed by atoms with Gasteiger partial charge in [0.15, 0.2) is 5.82 Å². The molecule has 7 nitrogen and oxygen atoms in total. The van der Waals surface area contributed by atoms with Crippen LogP contribution in [-0.4, -0.2) is 46.9 Å². The first-order chi connectivity index (χ1) is 13.6. The summed E-state index contributed by atoms with van der Waals surface area (Å²) in [6.45, 7) is 2.62. The van der Waals surface area contributed by atoms with Gasteiger partial charge in [-0.25, -0.2) is 14.8 Å². The minimum Gasteiger partial charge on any atom is -0.324 e. The molecule has 0 saturated heterocycles. The minimum atomic E-state index is -0.0288. The van der Waals surface area contributed by atoms with Crippen molar-refractivity contribution in [2.75, 3.05) is 35.1 Å². The van der Waals surface area contributed by atoms with E-state index in [1.54, 1.807) is 29.9 Å². The largest absolute Gasteiger partial charge is 0.343 e. The first kappa shape index (κ1) is 18.9. The third-order valence-corrected chi connectivity index (χ3v) is 6.12. The maximum absolute atomic E-state index is 12.9. The summed E-state index contributed by atoms with van der Waals surface area (Å²) in [5, 5.41) is 7.23. The molecular formula is C20H26N6OS. The van der Waals surface area contributed by atoms with Crippen LogP contribution in [0.2, 0.25) is 0 Å². The Balaban J connectivity index is 1.72. The van der Waals surface area contributed by atoms with E-state index in [2.05, 4.69) is 33.7 Å². The molecule has 0 atom stereocenters. The summed E-state index contributed by atoms with van der Waals surface area (Å²) in [6.07, 6.45) is 8.34. The van der Waals surface area contributed by atoms with Crippen molar-refractivity contribution < 1.29 is 4.79 Å². The molecule has 2 aromatic rings. The van der Waals surface area contributed by atoms with Gasteiger partial charge in [-0.05, 0) is 44.2 Å². The van der Waals surface area contributed by atoms with Gasteiger partial charge in [0.2, 0.25) is 5.95 Å². The van der Waals surface area contributed by atoms with Gasteiger partial charge in [-0.1, -0.05) is 18.9 Å². The average molecular weight is 399 g/mol. The second kappa shape index (κ2) is 7.87. The van der Waals surface area contributed by atoms with Crippen LogP contribution in [-0.2, 0) is 0 Å². The number of urea groups is 1. The first-order valence-electron chi connectivity index (χ1n) is 9.75. The molecule has 1 aliphatic carbocycles. The third kappa shape index (κ3) is 3.37. The Bertz CT molecular complexity index is 870. The fourth-order valence-corrected chi connectivity index (χ4v) is 4.41. The predicted octanol–water partition coefficient (Wildman–Crippen LogP) is 4.50. The van der Waals surface area contributed by atoms with Crippen LogP contribution in [0.4, 0.5) is 27.9 Å². The number of rotatable bonds is 5. The number of aromatic nitrogens is 2. The number of nitrogens with zero attached hydrogens (tertiary/aromatic N) is 5. The number of hydrogen-bond acceptors (Lipinski definition) is 6. The maximum atomic E-state index is 12.9. The molecule has 1 fully saturated rings. The van der Waals surface area contributed by atoms with Gasteiger partial charge in [0.05, 0.1) is 12.2 Å². The Morgan fingerprint density at radius 1 is 1.29 bits per heavy atom. The number of hydrogen-bond donors (Lipinski definition) is 1. The molecule has 2 aliphatic rings. The van der Waals surface area contributed by atoms with Gasteiger partial charge in [-0.3, -0.25) is 9.91 Å².